The van der Waals surface area contributed by atoms with Gasteiger partial charge in [0, 0.05) is 5.56 Å². The van der Waals surface area contributed by atoms with Gasteiger partial charge in [-0.3, -0.25) is 4.79 Å². The zero-order chi connectivity index (χ0) is 12.5. The van der Waals surface area contributed by atoms with E-state index in [0.717, 1.165) is 0 Å². The smallest absolute Gasteiger partial charge is 0.310 e. The van der Waals surface area contributed by atoms with Crippen molar-refractivity contribution in [2.45, 2.75) is 12.8 Å². The zero-order valence-electron chi connectivity index (χ0n) is 8.62. The first-order chi connectivity index (χ1) is 7.40. The number of aromatic hydroxyl groups is 1. The van der Waals surface area contributed by atoms with Crippen LogP contribution >= 0.6 is 15.9 Å². The number of hydrogen-bond donors (Lipinski definition) is 2. The lowest BCUT2D eigenvalue weighted by atomic mass is 10.00. The number of ether oxygens (including phenoxy) is 1. The van der Waals surface area contributed by atoms with Gasteiger partial charge in [-0.15, -0.1) is 0 Å². The Labute approximate surface area is 99.8 Å². The molecule has 0 bridgehead atoms. The standard InChI is InChI=1S/C10H10BrFO4/c1-4(10(14)15)5-3-6(11)8(13)7(12)9(5)16-2/h3-4,13H,1-2H3,(H,14,15). The highest BCUT2D eigenvalue weighted by molar-refractivity contribution is 9.10. The lowest BCUT2D eigenvalue weighted by Crippen LogP contribution is -2.10. The maximum absolute atomic E-state index is 13.5. The number of halogens is 2. The van der Waals surface area contributed by atoms with E-state index in [-0.39, 0.29) is 15.8 Å². The Balaban J connectivity index is 3.44. The highest BCUT2D eigenvalue weighted by Crippen LogP contribution is 2.39. The van der Waals surface area contributed by atoms with Gasteiger partial charge in [0.2, 0.25) is 5.82 Å². The van der Waals surface area contributed by atoms with E-state index in [0.29, 0.717) is 0 Å². The fourth-order valence-electron chi connectivity index (χ4n) is 1.27. The third-order valence-corrected chi connectivity index (χ3v) is 2.82. The molecule has 16 heavy (non-hydrogen) atoms. The Morgan fingerprint density at radius 1 is 1.62 bits per heavy atom. The molecule has 0 fully saturated rings. The number of methoxy groups -OCH3 is 1. The van der Waals surface area contributed by atoms with Crippen LogP contribution in [0.25, 0.3) is 0 Å². The van der Waals surface area contributed by atoms with Crippen molar-refractivity contribution in [3.63, 3.8) is 0 Å². The van der Waals surface area contributed by atoms with Gasteiger partial charge < -0.3 is 14.9 Å². The molecule has 1 rings (SSSR count). The quantitative estimate of drug-likeness (QED) is 0.898. The van der Waals surface area contributed by atoms with Crippen LogP contribution in [-0.2, 0) is 4.79 Å². The van der Waals surface area contributed by atoms with Crippen LogP contribution in [0.5, 0.6) is 11.5 Å². The minimum Gasteiger partial charge on any atom is -0.504 e. The Hall–Kier alpha value is -1.30. The number of carboxylic acids is 1. The summed E-state index contributed by atoms with van der Waals surface area (Å²) in [4.78, 5) is 10.8. The predicted octanol–water partition coefficient (Wildman–Crippen LogP) is 2.49. The number of carboxylic acid groups (broad SMARTS) is 1. The van der Waals surface area contributed by atoms with Gasteiger partial charge in [0.25, 0.3) is 0 Å². The molecule has 0 amide bonds. The molecule has 0 saturated heterocycles. The number of carbonyl (C=O) groups is 1. The molecule has 0 saturated carbocycles. The van der Waals surface area contributed by atoms with Gasteiger partial charge in [0.15, 0.2) is 11.5 Å². The highest BCUT2D eigenvalue weighted by atomic mass is 79.9. The molecule has 88 valence electrons. The van der Waals surface area contributed by atoms with Crippen LogP contribution in [0, 0.1) is 5.82 Å². The Bertz CT molecular complexity index is 433. The molecule has 0 heterocycles. The van der Waals surface area contributed by atoms with Crippen LogP contribution in [0.3, 0.4) is 0 Å². The molecule has 0 aliphatic heterocycles. The molecule has 1 atom stereocenters. The second-order valence-electron chi connectivity index (χ2n) is 3.20. The summed E-state index contributed by atoms with van der Waals surface area (Å²) in [5, 5.41) is 18.2. The van der Waals surface area contributed by atoms with Crippen molar-refractivity contribution in [2.75, 3.05) is 7.11 Å². The maximum Gasteiger partial charge on any atom is 0.310 e. The fourth-order valence-corrected chi connectivity index (χ4v) is 1.69. The molecule has 1 aromatic carbocycles. The van der Waals surface area contributed by atoms with Crippen LogP contribution in [0.2, 0.25) is 0 Å². The lowest BCUT2D eigenvalue weighted by molar-refractivity contribution is -0.138. The summed E-state index contributed by atoms with van der Waals surface area (Å²) in [5.41, 5.74) is 0.164. The van der Waals surface area contributed by atoms with Gasteiger partial charge in [-0.05, 0) is 28.9 Å². The van der Waals surface area contributed by atoms with Crippen molar-refractivity contribution in [2.24, 2.45) is 0 Å². The van der Waals surface area contributed by atoms with E-state index < -0.39 is 23.5 Å². The molecule has 0 spiro atoms. The summed E-state index contributed by atoms with van der Waals surface area (Å²) < 4.78 is 18.4. The van der Waals surface area contributed by atoms with Crippen LogP contribution in [0.1, 0.15) is 18.4 Å². The number of phenols is 1. The predicted molar refractivity (Wildman–Crippen MR) is 58.4 cm³/mol. The first-order valence-corrected chi connectivity index (χ1v) is 5.17. The molecule has 6 heteroatoms. The monoisotopic (exact) mass is 292 g/mol. The largest absolute Gasteiger partial charge is 0.504 e. The summed E-state index contributed by atoms with van der Waals surface area (Å²) in [5.74, 6) is -3.86. The van der Waals surface area contributed by atoms with Gasteiger partial charge in [0.1, 0.15) is 0 Å². The Kier molecular flexibility index (Phi) is 3.74. The molecular weight excluding hydrogens is 283 g/mol. The average molecular weight is 293 g/mol. The van der Waals surface area contributed by atoms with E-state index >= 15 is 0 Å². The molecule has 2 N–H and O–H groups in total. The van der Waals surface area contributed by atoms with E-state index in [1.165, 1.54) is 20.1 Å². The lowest BCUT2D eigenvalue weighted by Gasteiger charge is -2.14. The molecule has 4 nitrogen and oxygen atoms in total. The average Bonchev–Trinajstić information content (AvgIpc) is 2.24. The molecular formula is C10H10BrFO4. The van der Waals surface area contributed by atoms with Crippen molar-refractivity contribution < 1.29 is 24.1 Å². The van der Waals surface area contributed by atoms with E-state index in [9.17, 15) is 14.3 Å². The first kappa shape index (κ1) is 12.8. The van der Waals surface area contributed by atoms with E-state index in [1.54, 1.807) is 0 Å². The summed E-state index contributed by atoms with van der Waals surface area (Å²) in [6.45, 7) is 1.41. The van der Waals surface area contributed by atoms with E-state index in [2.05, 4.69) is 15.9 Å². The normalized spacial score (nSPS) is 12.2. The number of phenolic OH excluding ortho intramolecular Hbond substituents is 1. The van der Waals surface area contributed by atoms with Gasteiger partial charge >= 0.3 is 5.97 Å². The van der Waals surface area contributed by atoms with E-state index in [1.807, 2.05) is 0 Å². The summed E-state index contributed by atoms with van der Waals surface area (Å²) in [7, 11) is 1.21. The first-order valence-electron chi connectivity index (χ1n) is 4.37. The van der Waals surface area contributed by atoms with Crippen molar-refractivity contribution in [3.05, 3.63) is 21.9 Å². The highest BCUT2D eigenvalue weighted by Gasteiger charge is 2.24. The Morgan fingerprint density at radius 2 is 2.19 bits per heavy atom. The topological polar surface area (TPSA) is 66.8 Å². The van der Waals surface area contributed by atoms with E-state index in [4.69, 9.17) is 9.84 Å². The van der Waals surface area contributed by atoms with Crippen molar-refractivity contribution in [1.82, 2.24) is 0 Å². The van der Waals surface area contributed by atoms with Crippen LogP contribution < -0.4 is 4.74 Å². The molecule has 0 aromatic heterocycles. The van der Waals surface area contributed by atoms with Crippen molar-refractivity contribution in [1.29, 1.82) is 0 Å². The summed E-state index contributed by atoms with van der Waals surface area (Å²) in [6.07, 6.45) is 0. The molecule has 0 aliphatic carbocycles. The van der Waals surface area contributed by atoms with Crippen LogP contribution in [0.15, 0.2) is 10.5 Å². The van der Waals surface area contributed by atoms with Gasteiger partial charge in [-0.2, -0.15) is 4.39 Å². The van der Waals surface area contributed by atoms with Gasteiger partial charge in [0.05, 0.1) is 17.5 Å². The van der Waals surface area contributed by atoms with Crippen molar-refractivity contribution >= 4 is 21.9 Å². The van der Waals surface area contributed by atoms with Gasteiger partial charge in [-0.25, -0.2) is 0 Å². The van der Waals surface area contributed by atoms with Crippen LogP contribution in [0.4, 0.5) is 4.39 Å². The minimum absolute atomic E-state index is 0.0916. The number of benzene rings is 1. The minimum atomic E-state index is -1.10. The third kappa shape index (κ3) is 2.11. The number of hydrogen-bond acceptors (Lipinski definition) is 3. The molecule has 0 radical (unpaired) electrons. The SMILES string of the molecule is COc1c(C(C)C(=O)O)cc(Br)c(O)c1F. The third-order valence-electron chi connectivity index (χ3n) is 2.22. The van der Waals surface area contributed by atoms with Crippen LogP contribution in [-0.4, -0.2) is 23.3 Å². The summed E-state index contributed by atoms with van der Waals surface area (Å²) in [6, 6.07) is 1.33. The maximum atomic E-state index is 13.5. The van der Waals surface area contributed by atoms with Gasteiger partial charge in [-0.1, -0.05) is 0 Å². The Morgan fingerprint density at radius 3 is 2.62 bits per heavy atom. The second-order valence-corrected chi connectivity index (χ2v) is 4.06. The number of aliphatic carboxylic acids is 1. The fraction of sp³-hybridized carbons (Fsp3) is 0.300. The molecule has 0 aliphatic rings. The second kappa shape index (κ2) is 4.69. The summed E-state index contributed by atoms with van der Waals surface area (Å²) >= 11 is 2.94. The van der Waals surface area contributed by atoms with Crippen molar-refractivity contribution in [3.8, 4) is 11.5 Å². The number of rotatable bonds is 3. The molecule has 1 aromatic rings. The zero-order valence-corrected chi connectivity index (χ0v) is 10.2. The molecule has 1 unspecified atom stereocenters.